The number of nitrogens with one attached hydrogen (secondary N) is 1. The second-order valence-electron chi connectivity index (χ2n) is 5.76. The van der Waals surface area contributed by atoms with Crippen LogP contribution in [-0.4, -0.2) is 33.3 Å². The highest BCUT2D eigenvalue weighted by atomic mass is 32.2. The Morgan fingerprint density at radius 3 is 2.92 bits per heavy atom. The molecule has 1 N–H and O–H groups in total. The van der Waals surface area contributed by atoms with Crippen molar-refractivity contribution in [3.63, 3.8) is 0 Å². The Hall–Kier alpha value is -1.87. The van der Waals surface area contributed by atoms with Gasteiger partial charge in [-0.2, -0.15) is 0 Å². The molecule has 0 aromatic carbocycles. The molecule has 2 amide bonds. The monoisotopic (exact) mass is 380 g/mol. The maximum Gasteiger partial charge on any atom is 0.233 e. The first-order valence-electron chi connectivity index (χ1n) is 8.20. The van der Waals surface area contributed by atoms with E-state index in [9.17, 15) is 9.59 Å². The van der Waals surface area contributed by atoms with Gasteiger partial charge in [0.25, 0.3) is 0 Å². The number of thioether (sulfide) groups is 1. The second-order valence-corrected chi connectivity index (χ2v) is 8.30. The zero-order valence-electron chi connectivity index (χ0n) is 14.1. The van der Waals surface area contributed by atoms with Gasteiger partial charge in [-0.05, 0) is 31.9 Å². The molecule has 1 saturated carbocycles. The van der Waals surface area contributed by atoms with E-state index in [1.807, 2.05) is 19.9 Å². The fourth-order valence-corrected chi connectivity index (χ4v) is 4.35. The Kier molecular flexibility index (Phi) is 5.74. The molecule has 0 bridgehead atoms. The quantitative estimate of drug-likeness (QED) is 0.560. The van der Waals surface area contributed by atoms with Crippen LogP contribution >= 0.6 is 23.1 Å². The predicted octanol–water partition coefficient (Wildman–Crippen LogP) is 2.83. The van der Waals surface area contributed by atoms with Gasteiger partial charge in [0.1, 0.15) is 5.76 Å². The fourth-order valence-electron chi connectivity index (χ4n) is 2.25. The van der Waals surface area contributed by atoms with Crippen LogP contribution in [-0.2, 0) is 16.1 Å². The number of furan rings is 1. The van der Waals surface area contributed by atoms with Crippen LogP contribution in [0.4, 0.5) is 5.13 Å². The number of anilines is 1. The topological polar surface area (TPSA) is 88.3 Å². The summed E-state index contributed by atoms with van der Waals surface area (Å²) in [4.78, 5) is 26.0. The molecule has 2 aromatic heterocycles. The third-order valence-electron chi connectivity index (χ3n) is 3.75. The van der Waals surface area contributed by atoms with Crippen LogP contribution in [0, 0.1) is 0 Å². The molecule has 0 saturated heterocycles. The van der Waals surface area contributed by atoms with Crippen molar-refractivity contribution in [2.75, 3.05) is 4.90 Å². The summed E-state index contributed by atoms with van der Waals surface area (Å²) in [7, 11) is 0. The molecule has 2 aromatic rings. The van der Waals surface area contributed by atoms with Gasteiger partial charge in [-0.15, -0.1) is 10.2 Å². The minimum atomic E-state index is -0.313. The van der Waals surface area contributed by atoms with Crippen molar-refractivity contribution in [1.82, 2.24) is 15.5 Å². The zero-order valence-corrected chi connectivity index (χ0v) is 15.7. The SMILES string of the molecule is CCC(=O)N(c1nnc(S[C@@H](C)C(=O)NCc2ccco2)s1)C1CC1. The fraction of sp³-hybridized carbons (Fsp3) is 0.500. The van der Waals surface area contributed by atoms with Crippen LogP contribution < -0.4 is 10.2 Å². The molecule has 7 nitrogen and oxygen atoms in total. The van der Waals surface area contributed by atoms with Gasteiger partial charge in [-0.1, -0.05) is 30.0 Å². The molecule has 1 fully saturated rings. The van der Waals surface area contributed by atoms with Crippen LogP contribution in [0.3, 0.4) is 0 Å². The number of carbonyl (C=O) groups excluding carboxylic acids is 2. The van der Waals surface area contributed by atoms with Gasteiger partial charge < -0.3 is 9.73 Å². The summed E-state index contributed by atoms with van der Waals surface area (Å²) in [6.07, 6.45) is 4.05. The first-order valence-corrected chi connectivity index (χ1v) is 9.90. The number of hydrogen-bond donors (Lipinski definition) is 1. The van der Waals surface area contributed by atoms with E-state index in [0.717, 1.165) is 12.8 Å². The molecular weight excluding hydrogens is 360 g/mol. The smallest absolute Gasteiger partial charge is 0.233 e. The standard InChI is InChI=1S/C16H20N4O3S2/c1-3-13(21)20(11-6-7-11)15-18-19-16(25-15)24-10(2)14(22)17-9-12-5-4-8-23-12/h4-5,8,10-11H,3,6-7,9H2,1-2H3,(H,17,22)/t10-/m0/s1. The van der Waals surface area contributed by atoms with Crippen LogP contribution in [0.1, 0.15) is 38.9 Å². The molecule has 1 aliphatic carbocycles. The van der Waals surface area contributed by atoms with Gasteiger partial charge in [0.2, 0.25) is 16.9 Å². The molecule has 9 heteroatoms. The summed E-state index contributed by atoms with van der Waals surface area (Å²) in [5, 5.41) is 11.4. The molecule has 0 radical (unpaired) electrons. The average molecular weight is 380 g/mol. The molecule has 0 unspecified atom stereocenters. The number of carbonyl (C=O) groups is 2. The van der Waals surface area contributed by atoms with Gasteiger partial charge in [0.15, 0.2) is 4.34 Å². The summed E-state index contributed by atoms with van der Waals surface area (Å²) >= 11 is 2.70. The summed E-state index contributed by atoms with van der Waals surface area (Å²) in [5.41, 5.74) is 0. The van der Waals surface area contributed by atoms with E-state index in [1.54, 1.807) is 17.2 Å². The molecule has 1 aliphatic rings. The third-order valence-corrected chi connectivity index (χ3v) is 5.86. The van der Waals surface area contributed by atoms with Gasteiger partial charge in [0, 0.05) is 12.5 Å². The van der Waals surface area contributed by atoms with Crippen LogP contribution in [0.5, 0.6) is 0 Å². The van der Waals surface area contributed by atoms with E-state index < -0.39 is 0 Å². The highest BCUT2D eigenvalue weighted by Gasteiger charge is 2.35. The number of hydrogen-bond acceptors (Lipinski definition) is 7. The molecule has 1 atom stereocenters. The second kappa shape index (κ2) is 8.01. The van der Waals surface area contributed by atoms with Crippen molar-refractivity contribution in [1.29, 1.82) is 0 Å². The van der Waals surface area contributed by atoms with E-state index in [-0.39, 0.29) is 23.1 Å². The number of nitrogens with zero attached hydrogens (tertiary/aromatic N) is 3. The maximum atomic E-state index is 12.2. The molecule has 0 aliphatic heterocycles. The minimum absolute atomic E-state index is 0.0689. The summed E-state index contributed by atoms with van der Waals surface area (Å²) in [6.45, 7) is 4.03. The van der Waals surface area contributed by atoms with Crippen LogP contribution in [0.15, 0.2) is 27.2 Å². The maximum absolute atomic E-state index is 12.2. The highest BCUT2D eigenvalue weighted by Crippen LogP contribution is 2.37. The van der Waals surface area contributed by atoms with Crippen molar-refractivity contribution < 1.29 is 14.0 Å². The minimum Gasteiger partial charge on any atom is -0.467 e. The first-order chi connectivity index (χ1) is 12.1. The van der Waals surface area contributed by atoms with E-state index >= 15 is 0 Å². The van der Waals surface area contributed by atoms with E-state index in [4.69, 9.17) is 4.42 Å². The van der Waals surface area contributed by atoms with Crippen LogP contribution in [0.2, 0.25) is 0 Å². The van der Waals surface area contributed by atoms with Crippen LogP contribution in [0.25, 0.3) is 0 Å². The lowest BCUT2D eigenvalue weighted by Crippen LogP contribution is -2.32. The third kappa shape index (κ3) is 4.60. The zero-order chi connectivity index (χ0) is 17.8. The molecule has 25 heavy (non-hydrogen) atoms. The average Bonchev–Trinajstić information content (AvgIpc) is 3.10. The van der Waals surface area contributed by atoms with Gasteiger partial charge >= 0.3 is 0 Å². The van der Waals surface area contributed by atoms with Crippen molar-refractivity contribution in [3.05, 3.63) is 24.2 Å². The normalized spacial score (nSPS) is 15.0. The molecule has 0 spiro atoms. The largest absolute Gasteiger partial charge is 0.467 e. The lowest BCUT2D eigenvalue weighted by atomic mass is 10.4. The van der Waals surface area contributed by atoms with Gasteiger partial charge in [-0.25, -0.2) is 0 Å². The lowest BCUT2D eigenvalue weighted by molar-refractivity contribution is -0.120. The van der Waals surface area contributed by atoms with Crippen molar-refractivity contribution in [2.24, 2.45) is 0 Å². The highest BCUT2D eigenvalue weighted by molar-refractivity contribution is 8.02. The van der Waals surface area contributed by atoms with Crippen molar-refractivity contribution in [2.45, 2.75) is 55.3 Å². The van der Waals surface area contributed by atoms with E-state index in [0.29, 0.717) is 28.2 Å². The van der Waals surface area contributed by atoms with Gasteiger partial charge in [-0.3, -0.25) is 14.5 Å². The van der Waals surface area contributed by atoms with Crippen molar-refractivity contribution in [3.8, 4) is 0 Å². The van der Waals surface area contributed by atoms with Gasteiger partial charge in [0.05, 0.1) is 18.1 Å². The summed E-state index contributed by atoms with van der Waals surface area (Å²) in [6, 6.07) is 3.85. The molecule has 2 heterocycles. The number of rotatable bonds is 8. The molecular formula is C16H20N4O3S2. The Balaban J connectivity index is 1.56. The summed E-state index contributed by atoms with van der Waals surface area (Å²) < 4.78 is 5.88. The first kappa shape index (κ1) is 17.9. The van der Waals surface area contributed by atoms with E-state index in [2.05, 4.69) is 15.5 Å². The van der Waals surface area contributed by atoms with Crippen molar-refractivity contribution >= 4 is 40.0 Å². The molecule has 134 valence electrons. The van der Waals surface area contributed by atoms with E-state index in [1.165, 1.54) is 23.1 Å². The Bertz CT molecular complexity index is 728. The Morgan fingerprint density at radius 1 is 1.48 bits per heavy atom. The lowest BCUT2D eigenvalue weighted by Gasteiger charge is -2.17. The predicted molar refractivity (Wildman–Crippen MR) is 96.6 cm³/mol. The Morgan fingerprint density at radius 2 is 2.28 bits per heavy atom. The number of amides is 2. The number of aromatic nitrogens is 2. The molecule has 3 rings (SSSR count). The Labute approximate surface area is 154 Å². The summed E-state index contributed by atoms with van der Waals surface area (Å²) in [5.74, 6) is 0.683.